The number of nitrogens with one attached hydrogen (secondary N) is 1. The maximum atomic E-state index is 12.9. The minimum atomic E-state index is -0.342. The average molecular weight is 275 g/mol. The van der Waals surface area contributed by atoms with Crippen LogP contribution in [0.2, 0.25) is 0 Å². The van der Waals surface area contributed by atoms with Crippen molar-refractivity contribution in [2.24, 2.45) is 0 Å². The van der Waals surface area contributed by atoms with E-state index in [1.165, 1.54) is 0 Å². The van der Waals surface area contributed by atoms with Crippen LogP contribution in [0.15, 0.2) is 12.1 Å². The van der Waals surface area contributed by atoms with E-state index in [1.807, 2.05) is 12.1 Å². The van der Waals surface area contributed by atoms with Gasteiger partial charge < -0.3 is 14.8 Å². The van der Waals surface area contributed by atoms with Gasteiger partial charge in [-0.2, -0.15) is 0 Å². The number of Topliss-reactive ketones (excluding diaryl/α,β-unsaturated/α-hetero) is 1. The fourth-order valence-electron chi connectivity index (χ4n) is 3.43. The van der Waals surface area contributed by atoms with Crippen molar-refractivity contribution < 1.29 is 14.3 Å². The Hall–Kier alpha value is -1.55. The van der Waals surface area contributed by atoms with Crippen LogP contribution >= 0.6 is 0 Å². The van der Waals surface area contributed by atoms with Gasteiger partial charge in [-0.3, -0.25) is 4.79 Å². The zero-order valence-corrected chi connectivity index (χ0v) is 12.1. The molecule has 1 atom stereocenters. The van der Waals surface area contributed by atoms with Crippen LogP contribution in [0.5, 0.6) is 11.5 Å². The molecule has 1 aliphatic carbocycles. The molecule has 4 heteroatoms. The lowest BCUT2D eigenvalue weighted by Crippen LogP contribution is -2.56. The molecule has 1 heterocycles. The molecule has 1 spiro atoms. The third-order valence-corrected chi connectivity index (χ3v) is 4.60. The minimum absolute atomic E-state index is 0.222. The highest BCUT2D eigenvalue weighted by Gasteiger charge is 2.43. The number of ketones is 1. The quantitative estimate of drug-likeness (QED) is 0.900. The number of rotatable bonds is 2. The number of carbonyl (C=O) groups is 1. The molecule has 4 nitrogen and oxygen atoms in total. The van der Waals surface area contributed by atoms with Gasteiger partial charge in [0.2, 0.25) is 0 Å². The molecular weight excluding hydrogens is 254 g/mol. The van der Waals surface area contributed by atoms with Crippen LogP contribution in [0.25, 0.3) is 0 Å². The summed E-state index contributed by atoms with van der Waals surface area (Å²) >= 11 is 0. The first kappa shape index (κ1) is 13.4. The van der Waals surface area contributed by atoms with Gasteiger partial charge in [-0.15, -0.1) is 0 Å². The SMILES string of the molecule is COc1cc2c(cc1OC)C(=O)C1(CCCCN1)CC2. The molecule has 2 aliphatic rings. The van der Waals surface area contributed by atoms with Gasteiger partial charge in [-0.1, -0.05) is 0 Å². The van der Waals surface area contributed by atoms with Crippen LogP contribution in [0.4, 0.5) is 0 Å². The fraction of sp³-hybridized carbons (Fsp3) is 0.562. The second-order valence-corrected chi connectivity index (χ2v) is 5.66. The number of fused-ring (bicyclic) bond motifs is 1. The van der Waals surface area contributed by atoms with Gasteiger partial charge in [0, 0.05) is 5.56 Å². The topological polar surface area (TPSA) is 47.6 Å². The molecular formula is C16H21NO3. The van der Waals surface area contributed by atoms with Gasteiger partial charge in [0.25, 0.3) is 0 Å². The van der Waals surface area contributed by atoms with E-state index in [0.717, 1.165) is 49.8 Å². The first-order chi connectivity index (χ1) is 9.70. The van der Waals surface area contributed by atoms with Crippen LogP contribution < -0.4 is 14.8 Å². The second kappa shape index (κ2) is 5.09. The number of hydrogen-bond acceptors (Lipinski definition) is 4. The predicted octanol–water partition coefficient (Wildman–Crippen LogP) is 2.35. The normalized spacial score (nSPS) is 25.4. The van der Waals surface area contributed by atoms with E-state index < -0.39 is 0 Å². The van der Waals surface area contributed by atoms with Crippen molar-refractivity contribution in [1.82, 2.24) is 5.32 Å². The van der Waals surface area contributed by atoms with E-state index in [4.69, 9.17) is 9.47 Å². The van der Waals surface area contributed by atoms with Crippen molar-refractivity contribution in [1.29, 1.82) is 0 Å². The molecule has 0 aromatic heterocycles. The molecule has 1 aromatic carbocycles. The first-order valence-electron chi connectivity index (χ1n) is 7.25. The van der Waals surface area contributed by atoms with Crippen LogP contribution in [0.1, 0.15) is 41.6 Å². The summed E-state index contributed by atoms with van der Waals surface area (Å²) < 4.78 is 10.7. The number of methoxy groups -OCH3 is 2. The second-order valence-electron chi connectivity index (χ2n) is 5.66. The van der Waals surface area contributed by atoms with Crippen LogP contribution in [0, 0.1) is 0 Å². The number of aryl methyl sites for hydroxylation is 1. The maximum absolute atomic E-state index is 12.9. The lowest BCUT2D eigenvalue weighted by atomic mass is 9.72. The van der Waals surface area contributed by atoms with Crippen molar-refractivity contribution in [3.63, 3.8) is 0 Å². The fourth-order valence-corrected chi connectivity index (χ4v) is 3.43. The van der Waals surface area contributed by atoms with E-state index in [1.54, 1.807) is 14.2 Å². The molecule has 0 radical (unpaired) electrons. The molecule has 1 unspecified atom stereocenters. The Morgan fingerprint density at radius 2 is 1.85 bits per heavy atom. The highest BCUT2D eigenvalue weighted by atomic mass is 16.5. The highest BCUT2D eigenvalue weighted by molar-refractivity contribution is 6.06. The maximum Gasteiger partial charge on any atom is 0.183 e. The number of hydrogen-bond donors (Lipinski definition) is 1. The summed E-state index contributed by atoms with van der Waals surface area (Å²) in [4.78, 5) is 12.9. The Morgan fingerprint density at radius 1 is 1.10 bits per heavy atom. The van der Waals surface area contributed by atoms with E-state index >= 15 is 0 Å². The number of carbonyl (C=O) groups excluding carboxylic acids is 1. The summed E-state index contributed by atoms with van der Waals surface area (Å²) in [7, 11) is 3.23. The average Bonchev–Trinajstić information content (AvgIpc) is 2.51. The van der Waals surface area contributed by atoms with Gasteiger partial charge in [-0.25, -0.2) is 0 Å². The van der Waals surface area contributed by atoms with Gasteiger partial charge in [0.1, 0.15) is 0 Å². The summed E-state index contributed by atoms with van der Waals surface area (Å²) in [5.74, 6) is 1.55. The summed E-state index contributed by atoms with van der Waals surface area (Å²) in [5, 5.41) is 3.47. The lowest BCUT2D eigenvalue weighted by Gasteiger charge is -2.40. The molecule has 1 saturated heterocycles. The summed E-state index contributed by atoms with van der Waals surface area (Å²) in [6.45, 7) is 0.939. The molecule has 1 aliphatic heterocycles. The van der Waals surface area contributed by atoms with Gasteiger partial charge in [0.05, 0.1) is 19.8 Å². The summed E-state index contributed by atoms with van der Waals surface area (Å²) in [6.07, 6.45) is 5.03. The Labute approximate surface area is 119 Å². The van der Waals surface area contributed by atoms with Crippen molar-refractivity contribution in [3.05, 3.63) is 23.3 Å². The molecule has 1 fully saturated rings. The monoisotopic (exact) mass is 275 g/mol. The van der Waals surface area contributed by atoms with E-state index in [0.29, 0.717) is 11.5 Å². The Balaban J connectivity index is 2.02. The van der Waals surface area contributed by atoms with Gasteiger partial charge in [-0.05, 0) is 56.3 Å². The molecule has 1 aromatic rings. The first-order valence-corrected chi connectivity index (χ1v) is 7.25. The van der Waals surface area contributed by atoms with E-state index in [-0.39, 0.29) is 11.3 Å². The Morgan fingerprint density at radius 3 is 2.50 bits per heavy atom. The molecule has 1 N–H and O–H groups in total. The van der Waals surface area contributed by atoms with E-state index in [9.17, 15) is 4.79 Å². The van der Waals surface area contributed by atoms with Crippen molar-refractivity contribution in [2.75, 3.05) is 20.8 Å². The summed E-state index contributed by atoms with van der Waals surface area (Å²) in [5.41, 5.74) is 1.53. The Kier molecular flexibility index (Phi) is 3.42. The highest BCUT2D eigenvalue weighted by Crippen LogP contribution is 2.39. The van der Waals surface area contributed by atoms with Crippen molar-refractivity contribution in [2.45, 2.75) is 37.6 Å². The van der Waals surface area contributed by atoms with Crippen molar-refractivity contribution in [3.8, 4) is 11.5 Å². The molecule has 0 amide bonds. The Bertz CT molecular complexity index is 533. The smallest absolute Gasteiger partial charge is 0.183 e. The van der Waals surface area contributed by atoms with Gasteiger partial charge in [0.15, 0.2) is 17.3 Å². The molecule has 0 saturated carbocycles. The molecule has 0 bridgehead atoms. The molecule has 108 valence electrons. The largest absolute Gasteiger partial charge is 0.493 e. The zero-order valence-electron chi connectivity index (χ0n) is 12.1. The lowest BCUT2D eigenvalue weighted by molar-refractivity contribution is 0.0781. The van der Waals surface area contributed by atoms with Gasteiger partial charge >= 0.3 is 0 Å². The van der Waals surface area contributed by atoms with Crippen molar-refractivity contribution >= 4 is 5.78 Å². The van der Waals surface area contributed by atoms with E-state index in [2.05, 4.69) is 5.32 Å². The minimum Gasteiger partial charge on any atom is -0.493 e. The summed E-state index contributed by atoms with van der Waals surface area (Å²) in [6, 6.07) is 3.79. The number of piperidine rings is 1. The zero-order chi connectivity index (χ0) is 14.2. The third kappa shape index (κ3) is 1.99. The number of benzene rings is 1. The van der Waals surface area contributed by atoms with Crippen LogP contribution in [-0.4, -0.2) is 32.1 Å². The van der Waals surface area contributed by atoms with Crippen LogP contribution in [0.3, 0.4) is 0 Å². The molecule has 3 rings (SSSR count). The standard InChI is InChI=1S/C16H21NO3/c1-19-13-9-11-5-7-16(6-3-4-8-17-16)15(18)12(11)10-14(13)20-2/h9-10,17H,3-8H2,1-2H3. The third-order valence-electron chi connectivity index (χ3n) is 4.60. The molecule has 20 heavy (non-hydrogen) atoms. The predicted molar refractivity (Wildman–Crippen MR) is 76.8 cm³/mol. The number of ether oxygens (including phenoxy) is 2. The van der Waals surface area contributed by atoms with Crippen LogP contribution in [-0.2, 0) is 6.42 Å².